The van der Waals surface area contributed by atoms with E-state index in [2.05, 4.69) is 4.57 Å². The Kier molecular flexibility index (Phi) is 6.88. The van der Waals surface area contributed by atoms with Gasteiger partial charge in [-0.1, -0.05) is 31.4 Å². The monoisotopic (exact) mass is 402 g/mol. The maximum Gasteiger partial charge on any atom is 1.00 e. The molecule has 29 heavy (non-hydrogen) atoms. The maximum atomic E-state index is 12.1. The SMILES string of the molecule is NC(=O)c1cccc2c1c1c(OCC(=O)[O-])cccc1n2CC1CCCCC1.[Na+]. The van der Waals surface area contributed by atoms with E-state index in [9.17, 15) is 14.7 Å². The molecule has 0 atom stereocenters. The van der Waals surface area contributed by atoms with Crippen molar-refractivity contribution in [1.82, 2.24) is 4.57 Å². The van der Waals surface area contributed by atoms with Gasteiger partial charge in [0.05, 0.1) is 22.4 Å². The van der Waals surface area contributed by atoms with Crippen LogP contribution >= 0.6 is 0 Å². The van der Waals surface area contributed by atoms with Gasteiger partial charge in [-0.2, -0.15) is 0 Å². The van der Waals surface area contributed by atoms with Crippen LogP contribution in [0.4, 0.5) is 0 Å². The second-order valence-corrected chi connectivity index (χ2v) is 7.49. The van der Waals surface area contributed by atoms with E-state index in [1.165, 1.54) is 32.1 Å². The van der Waals surface area contributed by atoms with Crippen molar-refractivity contribution in [1.29, 1.82) is 0 Å². The minimum absolute atomic E-state index is 0. The second kappa shape index (κ2) is 9.20. The van der Waals surface area contributed by atoms with Crippen molar-refractivity contribution < 1.29 is 49.0 Å². The number of primary amides is 1. The molecular formula is C22H23N2NaO4. The first-order chi connectivity index (χ1) is 13.6. The smallest absolute Gasteiger partial charge is 0.546 e. The number of nitrogens with two attached hydrogens (primary N) is 1. The number of carboxylic acids is 1. The molecule has 0 aliphatic heterocycles. The van der Waals surface area contributed by atoms with Gasteiger partial charge in [-0.15, -0.1) is 0 Å². The Labute approximate surface area is 191 Å². The Bertz CT molecular complexity index is 1050. The molecule has 1 amide bonds. The van der Waals surface area contributed by atoms with E-state index in [1.807, 2.05) is 24.3 Å². The molecule has 0 saturated heterocycles. The molecule has 1 heterocycles. The summed E-state index contributed by atoms with van der Waals surface area (Å²) in [5, 5.41) is 12.3. The number of carbonyl (C=O) groups is 2. The van der Waals surface area contributed by atoms with Crippen molar-refractivity contribution in [3.63, 3.8) is 0 Å². The largest absolute Gasteiger partial charge is 1.00 e. The van der Waals surface area contributed by atoms with Gasteiger partial charge in [0, 0.05) is 17.5 Å². The predicted molar refractivity (Wildman–Crippen MR) is 105 cm³/mol. The second-order valence-electron chi connectivity index (χ2n) is 7.49. The Morgan fingerprint density at radius 2 is 1.69 bits per heavy atom. The standard InChI is InChI=1S/C22H24N2O4.Na/c23-22(27)15-8-4-9-16-20(15)21-17(10-5-11-18(21)28-13-19(25)26)24(16)12-14-6-2-1-3-7-14;/h4-5,8-11,14H,1-3,6-7,12-13H2,(H2,23,27)(H,25,26);/q;+1/p-1. The van der Waals surface area contributed by atoms with E-state index in [4.69, 9.17) is 10.5 Å². The summed E-state index contributed by atoms with van der Waals surface area (Å²) in [7, 11) is 0. The third-order valence-electron chi connectivity index (χ3n) is 5.65. The maximum absolute atomic E-state index is 12.1. The van der Waals surface area contributed by atoms with Crippen molar-refractivity contribution in [2.45, 2.75) is 38.6 Å². The van der Waals surface area contributed by atoms with Crippen LogP contribution in [-0.4, -0.2) is 23.1 Å². The van der Waals surface area contributed by atoms with Crippen LogP contribution in [0.2, 0.25) is 0 Å². The zero-order valence-corrected chi connectivity index (χ0v) is 18.6. The quantitative estimate of drug-likeness (QED) is 0.568. The molecule has 1 aliphatic rings. The van der Waals surface area contributed by atoms with Crippen LogP contribution in [0.5, 0.6) is 5.75 Å². The van der Waals surface area contributed by atoms with Crippen LogP contribution in [0.15, 0.2) is 36.4 Å². The molecule has 0 radical (unpaired) electrons. The van der Waals surface area contributed by atoms with Crippen molar-refractivity contribution >= 4 is 33.7 Å². The first kappa shape index (κ1) is 21.7. The number of fused-ring (bicyclic) bond motifs is 3. The van der Waals surface area contributed by atoms with Gasteiger partial charge in [0.2, 0.25) is 5.91 Å². The molecule has 0 spiro atoms. The summed E-state index contributed by atoms with van der Waals surface area (Å²) >= 11 is 0. The number of nitrogens with zero attached hydrogens (tertiary/aromatic N) is 1. The van der Waals surface area contributed by atoms with Crippen LogP contribution in [0.3, 0.4) is 0 Å². The number of hydrogen-bond donors (Lipinski definition) is 1. The number of aromatic nitrogens is 1. The van der Waals surface area contributed by atoms with Crippen LogP contribution in [0, 0.1) is 5.92 Å². The van der Waals surface area contributed by atoms with Gasteiger partial charge in [0.15, 0.2) is 0 Å². The number of ether oxygens (including phenoxy) is 1. The van der Waals surface area contributed by atoms with Crippen LogP contribution < -0.4 is 45.1 Å². The van der Waals surface area contributed by atoms with Gasteiger partial charge < -0.3 is 24.9 Å². The first-order valence-corrected chi connectivity index (χ1v) is 9.72. The third kappa shape index (κ3) is 4.29. The fourth-order valence-corrected chi connectivity index (χ4v) is 4.44. The number of rotatable bonds is 6. The van der Waals surface area contributed by atoms with E-state index >= 15 is 0 Å². The fourth-order valence-electron chi connectivity index (χ4n) is 4.44. The van der Waals surface area contributed by atoms with E-state index < -0.39 is 18.5 Å². The number of carbonyl (C=O) groups excluding carboxylic acids is 2. The average Bonchev–Trinajstić information content (AvgIpc) is 3.01. The van der Waals surface area contributed by atoms with Crippen molar-refractivity contribution in [3.05, 3.63) is 42.0 Å². The van der Waals surface area contributed by atoms with Crippen molar-refractivity contribution in [3.8, 4) is 5.75 Å². The summed E-state index contributed by atoms with van der Waals surface area (Å²) in [6.45, 7) is 0.305. The molecule has 6 nitrogen and oxygen atoms in total. The summed E-state index contributed by atoms with van der Waals surface area (Å²) in [6, 6.07) is 11.0. The summed E-state index contributed by atoms with van der Waals surface area (Å²) in [5.74, 6) is -0.810. The minimum Gasteiger partial charge on any atom is -0.546 e. The van der Waals surface area contributed by atoms with Crippen LogP contribution in [-0.2, 0) is 11.3 Å². The van der Waals surface area contributed by atoms with E-state index in [-0.39, 0.29) is 29.6 Å². The van der Waals surface area contributed by atoms with Gasteiger partial charge in [0.25, 0.3) is 0 Å². The van der Waals surface area contributed by atoms with Gasteiger partial charge in [-0.3, -0.25) is 4.79 Å². The van der Waals surface area contributed by atoms with Gasteiger partial charge in [0.1, 0.15) is 12.4 Å². The van der Waals surface area contributed by atoms with Gasteiger partial charge in [-0.25, -0.2) is 0 Å². The number of carboxylic acid groups (broad SMARTS) is 1. The molecule has 0 unspecified atom stereocenters. The number of hydrogen-bond acceptors (Lipinski definition) is 4. The summed E-state index contributed by atoms with van der Waals surface area (Å²) in [5.41, 5.74) is 7.89. The molecule has 2 aromatic carbocycles. The molecular weight excluding hydrogens is 379 g/mol. The van der Waals surface area contributed by atoms with Crippen molar-refractivity contribution in [2.75, 3.05) is 6.61 Å². The average molecular weight is 402 g/mol. The molecule has 0 bridgehead atoms. The number of benzene rings is 2. The van der Waals surface area contributed by atoms with Crippen LogP contribution in [0.25, 0.3) is 21.8 Å². The Hall–Kier alpha value is -2.02. The molecule has 1 saturated carbocycles. The normalized spacial score (nSPS) is 14.6. The Morgan fingerprint density at radius 3 is 2.34 bits per heavy atom. The Balaban J connectivity index is 0.00000240. The minimum atomic E-state index is -1.29. The molecule has 1 aromatic heterocycles. The third-order valence-corrected chi connectivity index (χ3v) is 5.65. The summed E-state index contributed by atoms with van der Waals surface area (Å²) < 4.78 is 7.72. The van der Waals surface area contributed by atoms with E-state index in [0.29, 0.717) is 17.2 Å². The number of aliphatic carboxylic acids is 1. The fraction of sp³-hybridized carbons (Fsp3) is 0.364. The molecule has 7 heteroatoms. The zero-order chi connectivity index (χ0) is 19.7. The number of amides is 1. The van der Waals surface area contributed by atoms with E-state index in [1.54, 1.807) is 12.1 Å². The Morgan fingerprint density at radius 1 is 1.03 bits per heavy atom. The van der Waals surface area contributed by atoms with Gasteiger partial charge in [-0.05, 0) is 43.0 Å². The summed E-state index contributed by atoms with van der Waals surface area (Å²) in [4.78, 5) is 23.0. The molecule has 3 aromatic rings. The summed E-state index contributed by atoms with van der Waals surface area (Å²) in [6.07, 6.45) is 6.16. The first-order valence-electron chi connectivity index (χ1n) is 9.72. The topological polar surface area (TPSA) is 97.4 Å². The molecule has 2 N–H and O–H groups in total. The molecule has 1 aliphatic carbocycles. The van der Waals surface area contributed by atoms with E-state index in [0.717, 1.165) is 28.4 Å². The van der Waals surface area contributed by atoms with Crippen LogP contribution in [0.1, 0.15) is 42.5 Å². The van der Waals surface area contributed by atoms with Gasteiger partial charge >= 0.3 is 29.6 Å². The zero-order valence-electron chi connectivity index (χ0n) is 16.6. The molecule has 1 fully saturated rings. The molecule has 4 rings (SSSR count). The van der Waals surface area contributed by atoms with Crippen molar-refractivity contribution in [2.24, 2.45) is 11.7 Å². The predicted octanol–water partition coefficient (Wildman–Crippen LogP) is -0.394. The molecule has 146 valence electrons.